The fourth-order valence-corrected chi connectivity index (χ4v) is 2.72. The lowest BCUT2D eigenvalue weighted by Gasteiger charge is -2.31. The maximum atomic E-state index is 12.5. The van der Waals surface area contributed by atoms with Gasteiger partial charge in [-0.25, -0.2) is 4.79 Å². The third-order valence-electron chi connectivity index (χ3n) is 4.12. The maximum Gasteiger partial charge on any atom is 0.410 e. The van der Waals surface area contributed by atoms with Crippen molar-refractivity contribution in [1.29, 1.82) is 0 Å². The summed E-state index contributed by atoms with van der Waals surface area (Å²) in [7, 11) is 0. The van der Waals surface area contributed by atoms with Crippen LogP contribution in [0.2, 0.25) is 0 Å². The zero-order valence-electron chi connectivity index (χ0n) is 13.6. The van der Waals surface area contributed by atoms with Crippen LogP contribution in [0.5, 0.6) is 0 Å². The van der Waals surface area contributed by atoms with E-state index in [0.717, 1.165) is 32.1 Å². The molecule has 0 bridgehead atoms. The third kappa shape index (κ3) is 4.61. The van der Waals surface area contributed by atoms with Crippen molar-refractivity contribution >= 4 is 12.0 Å². The van der Waals surface area contributed by atoms with Gasteiger partial charge in [-0.2, -0.15) is 0 Å². The molecule has 1 N–H and O–H groups in total. The molecule has 5 nitrogen and oxygen atoms in total. The molecule has 1 aliphatic carbocycles. The molecule has 1 aliphatic heterocycles. The minimum Gasteiger partial charge on any atom is -0.444 e. The lowest BCUT2D eigenvalue weighted by molar-refractivity contribution is -0.126. The summed E-state index contributed by atoms with van der Waals surface area (Å²) in [5.74, 6) is 0.548. The molecule has 5 heteroatoms. The van der Waals surface area contributed by atoms with Crippen LogP contribution in [-0.4, -0.2) is 41.1 Å². The van der Waals surface area contributed by atoms with Crippen molar-refractivity contribution in [3.05, 3.63) is 0 Å². The molecule has 2 amide bonds. The van der Waals surface area contributed by atoms with E-state index in [1.54, 1.807) is 4.90 Å². The first-order chi connectivity index (χ1) is 9.78. The quantitative estimate of drug-likeness (QED) is 0.852. The summed E-state index contributed by atoms with van der Waals surface area (Å²) >= 11 is 0. The molecule has 0 spiro atoms. The van der Waals surface area contributed by atoms with Crippen molar-refractivity contribution in [2.45, 2.75) is 77.5 Å². The fraction of sp³-hybridized carbons (Fsp3) is 0.875. The van der Waals surface area contributed by atoms with E-state index in [1.165, 1.54) is 0 Å². The Morgan fingerprint density at radius 3 is 2.43 bits per heavy atom. The first kappa shape index (κ1) is 16.1. The second-order valence-corrected chi connectivity index (χ2v) is 7.37. The van der Waals surface area contributed by atoms with Crippen molar-refractivity contribution in [1.82, 2.24) is 10.2 Å². The Hall–Kier alpha value is -1.26. The van der Waals surface area contributed by atoms with Gasteiger partial charge in [0.2, 0.25) is 5.91 Å². The van der Waals surface area contributed by atoms with E-state index in [0.29, 0.717) is 18.5 Å². The van der Waals surface area contributed by atoms with Gasteiger partial charge in [-0.1, -0.05) is 19.8 Å². The Kier molecular flexibility index (Phi) is 4.79. The smallest absolute Gasteiger partial charge is 0.410 e. The number of nitrogens with one attached hydrogen (secondary N) is 1. The highest BCUT2D eigenvalue weighted by Crippen LogP contribution is 2.30. The molecule has 2 fully saturated rings. The van der Waals surface area contributed by atoms with E-state index >= 15 is 0 Å². The summed E-state index contributed by atoms with van der Waals surface area (Å²) in [5.41, 5.74) is -0.532. The van der Waals surface area contributed by atoms with Crippen LogP contribution < -0.4 is 5.32 Å². The van der Waals surface area contributed by atoms with Gasteiger partial charge in [-0.05, 0) is 46.0 Å². The van der Waals surface area contributed by atoms with Crippen LogP contribution in [0.15, 0.2) is 0 Å². The normalized spacial score (nSPS) is 29.5. The molecule has 2 rings (SSSR count). The molecule has 1 saturated heterocycles. The average Bonchev–Trinajstić information content (AvgIpc) is 3.08. The van der Waals surface area contributed by atoms with Crippen LogP contribution in [0.3, 0.4) is 0 Å². The number of likely N-dealkylation sites (tertiary alicyclic amines) is 1. The third-order valence-corrected chi connectivity index (χ3v) is 4.12. The number of nitrogens with zero attached hydrogens (tertiary/aromatic N) is 1. The van der Waals surface area contributed by atoms with Gasteiger partial charge in [-0.3, -0.25) is 9.69 Å². The van der Waals surface area contributed by atoms with Crippen molar-refractivity contribution in [3.8, 4) is 0 Å². The predicted molar refractivity (Wildman–Crippen MR) is 80.9 cm³/mol. The molecular formula is C16H28N2O3. The largest absolute Gasteiger partial charge is 0.444 e. The zero-order valence-corrected chi connectivity index (χ0v) is 13.6. The topological polar surface area (TPSA) is 58.6 Å². The number of rotatable bonds is 2. The lowest BCUT2D eigenvalue weighted by atomic mass is 10.1. The van der Waals surface area contributed by atoms with Gasteiger partial charge in [0, 0.05) is 12.6 Å². The second kappa shape index (κ2) is 6.24. The summed E-state index contributed by atoms with van der Waals surface area (Å²) in [5, 5.41) is 3.06. The second-order valence-electron chi connectivity index (χ2n) is 7.37. The molecule has 0 aromatic carbocycles. The summed E-state index contributed by atoms with van der Waals surface area (Å²) in [6.45, 7) is 8.29. The summed E-state index contributed by atoms with van der Waals surface area (Å²) in [6, 6.07) is -0.0867. The molecule has 2 aliphatic rings. The number of amides is 2. The molecule has 0 aromatic heterocycles. The van der Waals surface area contributed by atoms with E-state index in [2.05, 4.69) is 12.2 Å². The molecule has 1 saturated carbocycles. The standard InChI is InChI=1S/C16H28N2O3/c1-11-10-12(11)17-14(19)13-8-6-5-7-9-18(13)15(20)21-16(2,3)4/h11-13H,5-10H2,1-4H3,(H,17,19)/t11-,12+,13-/m1/s1. The number of carbonyl (C=O) groups excluding carboxylic acids is 2. The van der Waals surface area contributed by atoms with Gasteiger partial charge in [0.25, 0.3) is 0 Å². The van der Waals surface area contributed by atoms with Gasteiger partial charge in [0.15, 0.2) is 0 Å². The first-order valence-electron chi connectivity index (χ1n) is 8.08. The van der Waals surface area contributed by atoms with Gasteiger partial charge < -0.3 is 10.1 Å². The summed E-state index contributed by atoms with van der Waals surface area (Å²) < 4.78 is 5.46. The molecule has 0 unspecified atom stereocenters. The Balaban J connectivity index is 2.02. The van der Waals surface area contributed by atoms with Gasteiger partial charge in [0.05, 0.1) is 0 Å². The number of carbonyl (C=O) groups is 2. The molecular weight excluding hydrogens is 268 g/mol. The molecule has 3 atom stereocenters. The summed E-state index contributed by atoms with van der Waals surface area (Å²) in [4.78, 5) is 26.5. The summed E-state index contributed by atoms with van der Waals surface area (Å²) in [6.07, 6.45) is 4.38. The Bertz CT molecular complexity index is 403. The number of ether oxygens (including phenoxy) is 1. The molecule has 0 aromatic rings. The minimum atomic E-state index is -0.532. The van der Waals surface area contributed by atoms with Crippen LogP contribution in [0.1, 0.15) is 59.8 Å². The maximum absolute atomic E-state index is 12.5. The minimum absolute atomic E-state index is 0.0166. The van der Waals surface area contributed by atoms with Gasteiger partial charge in [-0.15, -0.1) is 0 Å². The monoisotopic (exact) mass is 296 g/mol. The van der Waals surface area contributed by atoms with E-state index < -0.39 is 5.60 Å². The van der Waals surface area contributed by atoms with Crippen LogP contribution in [0, 0.1) is 5.92 Å². The Morgan fingerprint density at radius 1 is 1.19 bits per heavy atom. The molecule has 1 heterocycles. The first-order valence-corrected chi connectivity index (χ1v) is 8.08. The lowest BCUT2D eigenvalue weighted by Crippen LogP contribution is -2.51. The molecule has 21 heavy (non-hydrogen) atoms. The highest BCUT2D eigenvalue weighted by atomic mass is 16.6. The van der Waals surface area contributed by atoms with E-state index in [1.807, 2.05) is 20.8 Å². The van der Waals surface area contributed by atoms with Gasteiger partial charge in [0.1, 0.15) is 11.6 Å². The van der Waals surface area contributed by atoms with Crippen LogP contribution >= 0.6 is 0 Å². The average molecular weight is 296 g/mol. The molecule has 0 radical (unpaired) electrons. The fourth-order valence-electron chi connectivity index (χ4n) is 2.72. The van der Waals surface area contributed by atoms with Crippen molar-refractivity contribution < 1.29 is 14.3 Å². The number of hydrogen-bond donors (Lipinski definition) is 1. The zero-order chi connectivity index (χ0) is 15.6. The number of hydrogen-bond acceptors (Lipinski definition) is 3. The highest BCUT2D eigenvalue weighted by Gasteiger charge is 2.39. The van der Waals surface area contributed by atoms with Crippen LogP contribution in [0.25, 0.3) is 0 Å². The van der Waals surface area contributed by atoms with E-state index in [-0.39, 0.29) is 18.0 Å². The van der Waals surface area contributed by atoms with Crippen LogP contribution in [0.4, 0.5) is 4.79 Å². The molecule has 120 valence electrons. The van der Waals surface area contributed by atoms with E-state index in [4.69, 9.17) is 4.74 Å². The van der Waals surface area contributed by atoms with Gasteiger partial charge >= 0.3 is 6.09 Å². The van der Waals surface area contributed by atoms with Crippen LogP contribution in [-0.2, 0) is 9.53 Å². The highest BCUT2D eigenvalue weighted by molar-refractivity contribution is 5.86. The SMILES string of the molecule is C[C@@H]1C[C@@H]1NC(=O)[C@H]1CCCCCN1C(=O)OC(C)(C)C. The predicted octanol–water partition coefficient (Wildman–Crippen LogP) is 2.69. The van der Waals surface area contributed by atoms with Crippen molar-refractivity contribution in [3.63, 3.8) is 0 Å². The Morgan fingerprint density at radius 2 is 1.86 bits per heavy atom. The van der Waals surface area contributed by atoms with Crippen molar-refractivity contribution in [2.24, 2.45) is 5.92 Å². The van der Waals surface area contributed by atoms with E-state index in [9.17, 15) is 9.59 Å². The van der Waals surface area contributed by atoms with Crippen molar-refractivity contribution in [2.75, 3.05) is 6.54 Å². The Labute approximate surface area is 127 Å².